The van der Waals surface area contributed by atoms with Crippen LogP contribution in [0.3, 0.4) is 0 Å². The van der Waals surface area contributed by atoms with E-state index in [2.05, 4.69) is 33.0 Å². The summed E-state index contributed by atoms with van der Waals surface area (Å²) in [6.07, 6.45) is 3.16. The third kappa shape index (κ3) is 8.00. The monoisotopic (exact) mass is 586 g/mol. The Kier molecular flexibility index (Phi) is 10.9. The van der Waals surface area contributed by atoms with Gasteiger partial charge in [-0.05, 0) is 71.7 Å². The molecule has 0 radical (unpaired) electrons. The van der Waals surface area contributed by atoms with E-state index < -0.39 is 5.91 Å². The third-order valence-corrected chi connectivity index (χ3v) is 5.86. The van der Waals surface area contributed by atoms with Crippen molar-refractivity contribution in [1.29, 1.82) is 0 Å². The van der Waals surface area contributed by atoms with Crippen LogP contribution in [-0.4, -0.2) is 31.9 Å². The fourth-order valence-electron chi connectivity index (χ4n) is 3.25. The van der Waals surface area contributed by atoms with Crippen LogP contribution in [0.15, 0.2) is 76.8 Å². The molecule has 0 unspecified atom stereocenters. The first-order valence-electron chi connectivity index (χ1n) is 11.6. The maximum absolute atomic E-state index is 12.7. The van der Waals surface area contributed by atoms with Gasteiger partial charge in [0, 0.05) is 16.1 Å². The van der Waals surface area contributed by atoms with Crippen LogP contribution >= 0.6 is 27.5 Å². The van der Waals surface area contributed by atoms with Gasteiger partial charge in [-0.15, -0.1) is 0 Å². The number of nitrogens with zero attached hydrogens (tertiary/aromatic N) is 1. The zero-order valence-corrected chi connectivity index (χ0v) is 23.0. The molecule has 0 fully saturated rings. The number of carbonyl (C=O) groups is 1. The largest absolute Gasteiger partial charge is 0.490 e. The van der Waals surface area contributed by atoms with E-state index in [4.69, 9.17) is 30.5 Å². The highest BCUT2D eigenvalue weighted by molar-refractivity contribution is 9.10. The molecule has 0 bridgehead atoms. The van der Waals surface area contributed by atoms with Crippen molar-refractivity contribution in [2.75, 3.05) is 19.8 Å². The standard InChI is InChI=1S/C28H28BrClN2O5/c1-4-13-36-24-12-11-20(16-25(24)34-5-2)28(33)32-31-17-19-14-22(29)27(26(15-19)35-6-3)37-18-21-9-7-8-10-23(21)30/h4,7-12,14-17H,1,5-6,13,18H2,2-3H3,(H,32,33)/b31-17+. The first-order chi connectivity index (χ1) is 18.0. The lowest BCUT2D eigenvalue weighted by Gasteiger charge is -2.15. The topological polar surface area (TPSA) is 78.4 Å². The number of amides is 1. The first kappa shape index (κ1) is 28.1. The van der Waals surface area contributed by atoms with Crippen molar-refractivity contribution in [1.82, 2.24) is 5.43 Å². The van der Waals surface area contributed by atoms with Crippen LogP contribution in [0.4, 0.5) is 0 Å². The zero-order valence-electron chi connectivity index (χ0n) is 20.6. The average molecular weight is 588 g/mol. The zero-order chi connectivity index (χ0) is 26.6. The minimum Gasteiger partial charge on any atom is -0.490 e. The molecule has 7 nitrogen and oxygen atoms in total. The molecule has 1 amide bonds. The fraction of sp³-hybridized carbons (Fsp3) is 0.214. The number of rotatable bonds is 13. The lowest BCUT2D eigenvalue weighted by atomic mass is 10.2. The van der Waals surface area contributed by atoms with Gasteiger partial charge in [0.1, 0.15) is 13.2 Å². The molecule has 9 heteroatoms. The molecule has 0 aliphatic heterocycles. The van der Waals surface area contributed by atoms with Gasteiger partial charge < -0.3 is 18.9 Å². The van der Waals surface area contributed by atoms with Gasteiger partial charge in [0.15, 0.2) is 23.0 Å². The second-order valence-corrected chi connectivity index (χ2v) is 8.80. The van der Waals surface area contributed by atoms with E-state index in [1.54, 1.807) is 30.3 Å². The van der Waals surface area contributed by atoms with Gasteiger partial charge in [0.2, 0.25) is 0 Å². The number of nitrogens with one attached hydrogen (secondary N) is 1. The van der Waals surface area contributed by atoms with Crippen molar-refractivity contribution >= 4 is 39.7 Å². The maximum Gasteiger partial charge on any atom is 0.271 e. The molecule has 37 heavy (non-hydrogen) atoms. The summed E-state index contributed by atoms with van der Waals surface area (Å²) >= 11 is 9.79. The lowest BCUT2D eigenvalue weighted by Crippen LogP contribution is -2.17. The number of ether oxygens (including phenoxy) is 4. The van der Waals surface area contributed by atoms with Crippen LogP contribution in [0.5, 0.6) is 23.0 Å². The van der Waals surface area contributed by atoms with Crippen LogP contribution in [-0.2, 0) is 6.61 Å². The van der Waals surface area contributed by atoms with E-state index in [-0.39, 0.29) is 6.61 Å². The number of hydrazone groups is 1. The van der Waals surface area contributed by atoms with Crippen molar-refractivity contribution in [3.63, 3.8) is 0 Å². The van der Waals surface area contributed by atoms with E-state index in [1.807, 2.05) is 44.2 Å². The highest BCUT2D eigenvalue weighted by atomic mass is 79.9. The van der Waals surface area contributed by atoms with Gasteiger partial charge in [-0.3, -0.25) is 4.79 Å². The molecule has 194 valence electrons. The highest BCUT2D eigenvalue weighted by Gasteiger charge is 2.14. The minimum atomic E-state index is -0.392. The first-order valence-corrected chi connectivity index (χ1v) is 12.8. The van der Waals surface area contributed by atoms with Gasteiger partial charge in [0.05, 0.1) is 23.9 Å². The Hall–Kier alpha value is -3.49. The van der Waals surface area contributed by atoms with Gasteiger partial charge in [0.25, 0.3) is 5.91 Å². The smallest absolute Gasteiger partial charge is 0.271 e. The van der Waals surface area contributed by atoms with Crippen LogP contribution in [0.25, 0.3) is 0 Å². The van der Waals surface area contributed by atoms with Crippen LogP contribution in [0.2, 0.25) is 5.02 Å². The quantitative estimate of drug-likeness (QED) is 0.135. The van der Waals surface area contributed by atoms with Crippen LogP contribution < -0.4 is 24.4 Å². The lowest BCUT2D eigenvalue weighted by molar-refractivity contribution is 0.0954. The summed E-state index contributed by atoms with van der Waals surface area (Å²) in [5, 5.41) is 4.73. The molecule has 0 saturated heterocycles. The van der Waals surface area contributed by atoms with Crippen molar-refractivity contribution < 1.29 is 23.7 Å². The van der Waals surface area contributed by atoms with Crippen molar-refractivity contribution in [3.05, 3.63) is 93.4 Å². The van der Waals surface area contributed by atoms with Crippen LogP contribution in [0.1, 0.15) is 35.3 Å². The van der Waals surface area contributed by atoms with Crippen molar-refractivity contribution in [3.8, 4) is 23.0 Å². The predicted octanol–water partition coefficient (Wildman–Crippen LogP) is 6.81. The molecule has 0 spiro atoms. The van der Waals surface area contributed by atoms with E-state index in [0.717, 1.165) is 5.56 Å². The van der Waals surface area contributed by atoms with Gasteiger partial charge >= 0.3 is 0 Å². The number of halogens is 2. The Balaban J connectivity index is 1.72. The van der Waals surface area contributed by atoms with Gasteiger partial charge in [-0.1, -0.05) is 42.5 Å². The molecule has 0 atom stereocenters. The molecular weight excluding hydrogens is 560 g/mol. The molecule has 3 aromatic carbocycles. The Morgan fingerprint density at radius 2 is 1.76 bits per heavy atom. The number of carbonyl (C=O) groups excluding carboxylic acids is 1. The van der Waals surface area contributed by atoms with Crippen molar-refractivity contribution in [2.45, 2.75) is 20.5 Å². The molecule has 1 N–H and O–H groups in total. The Morgan fingerprint density at radius 3 is 2.49 bits per heavy atom. The summed E-state index contributed by atoms with van der Waals surface area (Å²) in [5.41, 5.74) is 4.47. The molecular formula is C28H28BrClN2O5. The molecule has 3 rings (SSSR count). The number of hydrogen-bond acceptors (Lipinski definition) is 6. The Morgan fingerprint density at radius 1 is 1.00 bits per heavy atom. The molecule has 0 saturated carbocycles. The number of benzene rings is 3. The highest BCUT2D eigenvalue weighted by Crippen LogP contribution is 2.37. The summed E-state index contributed by atoms with van der Waals surface area (Å²) in [4.78, 5) is 12.7. The molecule has 3 aromatic rings. The summed E-state index contributed by atoms with van der Waals surface area (Å²) in [6, 6.07) is 16.0. The van der Waals surface area contributed by atoms with E-state index in [9.17, 15) is 4.79 Å². The Bertz CT molecular complexity index is 1270. The summed E-state index contributed by atoms with van der Waals surface area (Å²) in [6.45, 7) is 8.87. The van der Waals surface area contributed by atoms with Crippen molar-refractivity contribution in [2.24, 2.45) is 5.10 Å². The van der Waals surface area contributed by atoms with Crippen LogP contribution in [0, 0.1) is 0 Å². The predicted molar refractivity (Wildman–Crippen MR) is 149 cm³/mol. The maximum atomic E-state index is 12.7. The third-order valence-electron chi connectivity index (χ3n) is 4.90. The van der Waals surface area contributed by atoms with Gasteiger partial charge in [-0.25, -0.2) is 5.43 Å². The molecule has 0 aliphatic carbocycles. The minimum absolute atomic E-state index is 0.281. The summed E-state index contributed by atoms with van der Waals surface area (Å²) < 4.78 is 23.6. The number of hydrogen-bond donors (Lipinski definition) is 1. The normalized spacial score (nSPS) is 10.7. The summed E-state index contributed by atoms with van der Waals surface area (Å²) in [7, 11) is 0. The molecule has 0 heterocycles. The fourth-order valence-corrected chi connectivity index (χ4v) is 4.01. The van der Waals surface area contributed by atoms with E-state index in [0.29, 0.717) is 63.4 Å². The SMILES string of the molecule is C=CCOc1ccc(C(=O)N/N=C/c2cc(Br)c(OCc3ccccc3Cl)c(OCC)c2)cc1OCC. The Labute approximate surface area is 230 Å². The van der Waals surface area contributed by atoms with E-state index in [1.165, 1.54) is 6.21 Å². The second-order valence-electron chi connectivity index (χ2n) is 7.54. The second kappa shape index (κ2) is 14.3. The summed E-state index contributed by atoms with van der Waals surface area (Å²) in [5.74, 6) is 1.69. The molecule has 0 aromatic heterocycles. The van der Waals surface area contributed by atoms with E-state index >= 15 is 0 Å². The van der Waals surface area contributed by atoms with Gasteiger partial charge in [-0.2, -0.15) is 5.10 Å². The molecule has 0 aliphatic rings. The average Bonchev–Trinajstić information content (AvgIpc) is 2.88.